The highest BCUT2D eigenvalue weighted by atomic mass is 16.6. The third-order valence-electron chi connectivity index (χ3n) is 2.94. The molecule has 1 amide bonds. The Morgan fingerprint density at radius 3 is 2.57 bits per heavy atom. The standard InChI is InChI=1S/C13H20N4O4/c1-15(9-10-18)7-8-16(2)14-13(19)11-5-3-4-6-12(11)17(20)21/h3-6,18H,7-10H2,1-2H3,(H,14,19). The smallest absolute Gasteiger partial charge is 0.282 e. The first-order valence-electron chi connectivity index (χ1n) is 6.50. The van der Waals surface area contributed by atoms with Crippen LogP contribution in [0.3, 0.4) is 0 Å². The van der Waals surface area contributed by atoms with Gasteiger partial charge in [0, 0.05) is 32.7 Å². The molecule has 0 heterocycles. The van der Waals surface area contributed by atoms with Gasteiger partial charge in [0.2, 0.25) is 0 Å². The van der Waals surface area contributed by atoms with Crippen molar-refractivity contribution in [3.05, 3.63) is 39.9 Å². The Balaban J connectivity index is 2.59. The molecule has 0 aliphatic rings. The molecule has 1 aromatic carbocycles. The van der Waals surface area contributed by atoms with Crippen molar-refractivity contribution in [3.8, 4) is 0 Å². The van der Waals surface area contributed by atoms with Gasteiger partial charge in [0.25, 0.3) is 11.6 Å². The molecule has 0 atom stereocenters. The molecule has 0 bridgehead atoms. The van der Waals surface area contributed by atoms with E-state index in [2.05, 4.69) is 5.43 Å². The fourth-order valence-electron chi connectivity index (χ4n) is 1.72. The van der Waals surface area contributed by atoms with E-state index in [0.717, 1.165) is 0 Å². The van der Waals surface area contributed by atoms with Crippen LogP contribution in [0.2, 0.25) is 0 Å². The van der Waals surface area contributed by atoms with Crippen LogP contribution in [0, 0.1) is 10.1 Å². The number of carbonyl (C=O) groups excluding carboxylic acids is 1. The first-order chi connectivity index (χ1) is 9.95. The van der Waals surface area contributed by atoms with Crippen LogP contribution in [0.15, 0.2) is 24.3 Å². The summed E-state index contributed by atoms with van der Waals surface area (Å²) in [6, 6.07) is 5.81. The van der Waals surface area contributed by atoms with Crippen molar-refractivity contribution < 1.29 is 14.8 Å². The molecule has 21 heavy (non-hydrogen) atoms. The number of benzene rings is 1. The highest BCUT2D eigenvalue weighted by Gasteiger charge is 2.19. The molecule has 8 heteroatoms. The summed E-state index contributed by atoms with van der Waals surface area (Å²) in [6.45, 7) is 1.80. The summed E-state index contributed by atoms with van der Waals surface area (Å²) in [5, 5.41) is 21.2. The highest BCUT2D eigenvalue weighted by molar-refractivity contribution is 5.97. The van der Waals surface area contributed by atoms with E-state index in [9.17, 15) is 14.9 Å². The number of nitro groups is 1. The zero-order valence-corrected chi connectivity index (χ0v) is 12.2. The molecule has 116 valence electrons. The number of likely N-dealkylation sites (N-methyl/N-ethyl adjacent to an activating group) is 2. The van der Waals surface area contributed by atoms with Gasteiger partial charge in [-0.3, -0.25) is 20.3 Å². The van der Waals surface area contributed by atoms with Crippen molar-refractivity contribution in [1.29, 1.82) is 0 Å². The summed E-state index contributed by atoms with van der Waals surface area (Å²) in [7, 11) is 3.54. The van der Waals surface area contributed by atoms with Crippen LogP contribution in [-0.4, -0.2) is 66.2 Å². The molecule has 0 unspecified atom stereocenters. The minimum Gasteiger partial charge on any atom is -0.395 e. The zero-order chi connectivity index (χ0) is 15.8. The Hall–Kier alpha value is -2.03. The maximum absolute atomic E-state index is 12.0. The molecule has 0 saturated heterocycles. The molecule has 0 aliphatic carbocycles. The third kappa shape index (κ3) is 5.46. The Morgan fingerprint density at radius 2 is 1.95 bits per heavy atom. The van der Waals surface area contributed by atoms with E-state index in [-0.39, 0.29) is 17.9 Å². The maximum Gasteiger partial charge on any atom is 0.282 e. The van der Waals surface area contributed by atoms with E-state index < -0.39 is 10.8 Å². The first kappa shape index (κ1) is 17.0. The maximum atomic E-state index is 12.0. The number of nitrogens with zero attached hydrogens (tertiary/aromatic N) is 3. The van der Waals surface area contributed by atoms with Crippen molar-refractivity contribution in [2.75, 3.05) is 40.3 Å². The molecule has 2 N–H and O–H groups in total. The molecule has 0 saturated carbocycles. The quantitative estimate of drug-likeness (QED) is 0.521. The third-order valence-corrected chi connectivity index (χ3v) is 2.94. The summed E-state index contributed by atoms with van der Waals surface area (Å²) in [6.07, 6.45) is 0. The lowest BCUT2D eigenvalue weighted by atomic mass is 10.2. The highest BCUT2D eigenvalue weighted by Crippen LogP contribution is 2.17. The SMILES string of the molecule is CN(CCO)CCN(C)NC(=O)c1ccccc1[N+](=O)[O-]. The van der Waals surface area contributed by atoms with Gasteiger partial charge in [-0.25, -0.2) is 5.01 Å². The van der Waals surface area contributed by atoms with E-state index in [1.165, 1.54) is 18.2 Å². The first-order valence-corrected chi connectivity index (χ1v) is 6.50. The number of amides is 1. The lowest BCUT2D eigenvalue weighted by Crippen LogP contribution is -2.43. The number of rotatable bonds is 8. The largest absolute Gasteiger partial charge is 0.395 e. The van der Waals surface area contributed by atoms with Crippen LogP contribution in [0.4, 0.5) is 5.69 Å². The van der Waals surface area contributed by atoms with Crippen LogP contribution in [0.1, 0.15) is 10.4 Å². The minimum atomic E-state index is -0.579. The average Bonchev–Trinajstić information content (AvgIpc) is 2.45. The number of aliphatic hydroxyl groups is 1. The number of nitrogens with one attached hydrogen (secondary N) is 1. The molecule has 0 radical (unpaired) electrons. The van der Waals surface area contributed by atoms with Crippen LogP contribution in [0.5, 0.6) is 0 Å². The van der Waals surface area contributed by atoms with Gasteiger partial charge in [-0.2, -0.15) is 0 Å². The van der Waals surface area contributed by atoms with Gasteiger partial charge < -0.3 is 10.0 Å². The lowest BCUT2D eigenvalue weighted by Gasteiger charge is -2.21. The normalized spacial score (nSPS) is 10.9. The number of hydrazine groups is 1. The number of hydrogen-bond donors (Lipinski definition) is 2. The van der Waals surface area contributed by atoms with E-state index in [0.29, 0.717) is 19.6 Å². The molecule has 1 rings (SSSR count). The van der Waals surface area contributed by atoms with Gasteiger partial charge in [-0.1, -0.05) is 12.1 Å². The molecular formula is C13H20N4O4. The Morgan fingerprint density at radius 1 is 1.29 bits per heavy atom. The van der Waals surface area contributed by atoms with Gasteiger partial charge >= 0.3 is 0 Å². The minimum absolute atomic E-state index is 0.0260. The molecule has 8 nitrogen and oxygen atoms in total. The predicted octanol–water partition coefficient (Wildman–Crippen LogP) is 0.0955. The number of hydrogen-bond acceptors (Lipinski definition) is 6. The fourth-order valence-corrected chi connectivity index (χ4v) is 1.72. The number of nitro benzene ring substituents is 1. The van der Waals surface area contributed by atoms with Crippen molar-refractivity contribution in [3.63, 3.8) is 0 Å². The Bertz CT molecular complexity index is 495. The zero-order valence-electron chi connectivity index (χ0n) is 12.2. The van der Waals surface area contributed by atoms with Gasteiger partial charge in [0.1, 0.15) is 5.56 Å². The van der Waals surface area contributed by atoms with Gasteiger partial charge in [-0.15, -0.1) is 0 Å². The lowest BCUT2D eigenvalue weighted by molar-refractivity contribution is -0.385. The van der Waals surface area contributed by atoms with E-state index in [4.69, 9.17) is 5.11 Å². The Labute approximate surface area is 123 Å². The molecule has 0 aromatic heterocycles. The second-order valence-corrected chi connectivity index (χ2v) is 4.66. The number of para-hydroxylation sites is 1. The summed E-state index contributed by atoms with van der Waals surface area (Å²) >= 11 is 0. The molecular weight excluding hydrogens is 276 g/mol. The van der Waals surface area contributed by atoms with E-state index in [1.54, 1.807) is 18.1 Å². The second-order valence-electron chi connectivity index (χ2n) is 4.66. The van der Waals surface area contributed by atoms with Gasteiger partial charge in [0.15, 0.2) is 0 Å². The van der Waals surface area contributed by atoms with Crippen molar-refractivity contribution in [2.45, 2.75) is 0 Å². The topological polar surface area (TPSA) is 99.0 Å². The molecule has 0 aliphatic heterocycles. The van der Waals surface area contributed by atoms with Crippen LogP contribution in [-0.2, 0) is 0 Å². The molecule has 1 aromatic rings. The number of aliphatic hydroxyl groups excluding tert-OH is 1. The monoisotopic (exact) mass is 296 g/mol. The fraction of sp³-hybridized carbons (Fsp3) is 0.462. The second kappa shape index (κ2) is 8.30. The van der Waals surface area contributed by atoms with Crippen LogP contribution >= 0.6 is 0 Å². The molecule has 0 spiro atoms. The van der Waals surface area contributed by atoms with E-state index >= 15 is 0 Å². The van der Waals surface area contributed by atoms with E-state index in [1.807, 2.05) is 11.9 Å². The molecule has 0 fully saturated rings. The summed E-state index contributed by atoms with van der Waals surface area (Å²) in [4.78, 5) is 24.3. The van der Waals surface area contributed by atoms with Crippen molar-refractivity contribution in [2.24, 2.45) is 0 Å². The Kier molecular flexibility index (Phi) is 6.73. The number of carbonyl (C=O) groups is 1. The average molecular weight is 296 g/mol. The van der Waals surface area contributed by atoms with Crippen molar-refractivity contribution in [1.82, 2.24) is 15.3 Å². The van der Waals surface area contributed by atoms with Gasteiger partial charge in [-0.05, 0) is 13.1 Å². The summed E-state index contributed by atoms with van der Waals surface area (Å²) in [5.74, 6) is -0.519. The predicted molar refractivity (Wildman–Crippen MR) is 77.8 cm³/mol. The summed E-state index contributed by atoms with van der Waals surface area (Å²) in [5.41, 5.74) is 2.39. The van der Waals surface area contributed by atoms with Gasteiger partial charge in [0.05, 0.1) is 11.5 Å². The summed E-state index contributed by atoms with van der Waals surface area (Å²) < 4.78 is 0. The van der Waals surface area contributed by atoms with Crippen molar-refractivity contribution >= 4 is 11.6 Å². The van der Waals surface area contributed by atoms with Crippen LogP contribution in [0.25, 0.3) is 0 Å². The van der Waals surface area contributed by atoms with Crippen LogP contribution < -0.4 is 5.43 Å².